The van der Waals surface area contributed by atoms with E-state index in [9.17, 15) is 0 Å². The van der Waals surface area contributed by atoms with Crippen molar-refractivity contribution in [2.24, 2.45) is 0 Å². The van der Waals surface area contributed by atoms with Crippen LogP contribution in [0.5, 0.6) is 11.5 Å². The summed E-state index contributed by atoms with van der Waals surface area (Å²) in [4.78, 5) is 4.21. The Kier molecular flexibility index (Phi) is 4.47. The summed E-state index contributed by atoms with van der Waals surface area (Å²) >= 11 is 1.42. The van der Waals surface area contributed by atoms with Gasteiger partial charge in [0, 0.05) is 5.56 Å². The van der Waals surface area contributed by atoms with Gasteiger partial charge in [-0.15, -0.1) is 15.3 Å². The molecule has 0 atom stereocenters. The maximum absolute atomic E-state index is 5.67. The highest BCUT2D eigenvalue weighted by molar-refractivity contribution is 7.98. The predicted octanol–water partition coefficient (Wildman–Crippen LogP) is 2.47. The van der Waals surface area contributed by atoms with Gasteiger partial charge in [-0.1, -0.05) is 11.8 Å². The lowest BCUT2D eigenvalue weighted by atomic mass is 10.2. The molecule has 9 heteroatoms. The van der Waals surface area contributed by atoms with E-state index in [0.29, 0.717) is 34.2 Å². The van der Waals surface area contributed by atoms with Crippen LogP contribution in [0.4, 0.5) is 0 Å². The lowest BCUT2D eigenvalue weighted by molar-refractivity contribution is 0.355. The minimum absolute atomic E-state index is 0.424. The van der Waals surface area contributed by atoms with Gasteiger partial charge < -0.3 is 13.9 Å². The molecule has 8 nitrogen and oxygen atoms in total. The van der Waals surface area contributed by atoms with Gasteiger partial charge in [0.2, 0.25) is 16.9 Å². The van der Waals surface area contributed by atoms with Crippen molar-refractivity contribution < 1.29 is 13.9 Å². The molecule has 0 fully saturated rings. The van der Waals surface area contributed by atoms with Gasteiger partial charge in [0.05, 0.1) is 20.0 Å². The van der Waals surface area contributed by atoms with Crippen LogP contribution >= 0.6 is 11.8 Å². The average Bonchev–Trinajstić information content (AvgIpc) is 3.21. The molecule has 2 aromatic heterocycles. The smallest absolute Gasteiger partial charge is 0.247 e. The molecule has 0 unspecified atom stereocenters. The number of hydrogen-bond donors (Lipinski definition) is 1. The number of H-pyrrole nitrogens is 1. The van der Waals surface area contributed by atoms with E-state index in [2.05, 4.69) is 25.4 Å². The van der Waals surface area contributed by atoms with Crippen LogP contribution in [0.2, 0.25) is 0 Å². The molecule has 2 heterocycles. The zero-order valence-corrected chi connectivity index (χ0v) is 13.7. The van der Waals surface area contributed by atoms with Crippen LogP contribution in [0.1, 0.15) is 11.7 Å². The van der Waals surface area contributed by atoms with Gasteiger partial charge in [0.25, 0.3) is 0 Å². The second kappa shape index (κ2) is 6.69. The van der Waals surface area contributed by atoms with Gasteiger partial charge in [0.1, 0.15) is 5.82 Å². The van der Waals surface area contributed by atoms with E-state index in [1.54, 1.807) is 26.4 Å². The Balaban J connectivity index is 1.73. The average molecular weight is 333 g/mol. The van der Waals surface area contributed by atoms with Crippen LogP contribution in [0.25, 0.3) is 11.5 Å². The molecule has 0 saturated heterocycles. The first-order valence-electron chi connectivity index (χ1n) is 6.76. The summed E-state index contributed by atoms with van der Waals surface area (Å²) in [5.74, 6) is 3.44. The Bertz CT molecular complexity index is 801. The molecular formula is C14H15N5O3S. The quantitative estimate of drug-likeness (QED) is 0.687. The summed E-state index contributed by atoms with van der Waals surface area (Å²) in [5.41, 5.74) is 0.764. The molecule has 3 aromatic rings. The van der Waals surface area contributed by atoms with Crippen LogP contribution in [0.15, 0.2) is 27.8 Å². The van der Waals surface area contributed by atoms with E-state index in [4.69, 9.17) is 13.9 Å². The Labute approximate surface area is 136 Å². The molecule has 0 spiro atoms. The third kappa shape index (κ3) is 3.45. The Hall–Kier alpha value is -2.55. The monoisotopic (exact) mass is 333 g/mol. The van der Waals surface area contributed by atoms with Crippen molar-refractivity contribution in [3.05, 3.63) is 29.9 Å². The Morgan fingerprint density at radius 2 is 2.00 bits per heavy atom. The fourth-order valence-electron chi connectivity index (χ4n) is 1.91. The highest BCUT2D eigenvalue weighted by atomic mass is 32.2. The first-order chi connectivity index (χ1) is 11.2. The van der Waals surface area contributed by atoms with E-state index in [-0.39, 0.29) is 0 Å². The van der Waals surface area contributed by atoms with Crippen molar-refractivity contribution in [3.63, 3.8) is 0 Å². The first kappa shape index (κ1) is 15.3. The summed E-state index contributed by atoms with van der Waals surface area (Å²) in [6.45, 7) is 1.85. The fourth-order valence-corrected chi connectivity index (χ4v) is 2.59. The van der Waals surface area contributed by atoms with Crippen LogP contribution in [-0.2, 0) is 5.75 Å². The summed E-state index contributed by atoms with van der Waals surface area (Å²) in [6.07, 6.45) is 0. The standard InChI is InChI=1S/C14H15N5O3S/c1-8-15-14(19-16-8)23-7-12-17-18-13(22-12)9-4-5-10(20-2)11(6-9)21-3/h4-6H,7H2,1-3H3,(H,15,16,19). The highest BCUT2D eigenvalue weighted by Gasteiger charge is 2.13. The van der Waals surface area contributed by atoms with Gasteiger partial charge in [-0.25, -0.2) is 4.98 Å². The molecule has 0 saturated carbocycles. The minimum atomic E-state index is 0.424. The molecule has 0 aliphatic heterocycles. The highest BCUT2D eigenvalue weighted by Crippen LogP contribution is 2.32. The largest absolute Gasteiger partial charge is 0.493 e. The maximum Gasteiger partial charge on any atom is 0.247 e. The number of nitrogens with zero attached hydrogens (tertiary/aromatic N) is 4. The van der Waals surface area contributed by atoms with E-state index >= 15 is 0 Å². The van der Waals surface area contributed by atoms with Crippen LogP contribution in [0, 0.1) is 6.92 Å². The number of nitrogens with one attached hydrogen (secondary N) is 1. The fraction of sp³-hybridized carbons (Fsp3) is 0.286. The number of benzene rings is 1. The number of aromatic nitrogens is 5. The lowest BCUT2D eigenvalue weighted by Crippen LogP contribution is -1.90. The molecule has 0 aliphatic carbocycles. The second-order valence-corrected chi connectivity index (χ2v) is 5.51. The molecule has 1 aromatic carbocycles. The molecule has 23 heavy (non-hydrogen) atoms. The minimum Gasteiger partial charge on any atom is -0.493 e. The Morgan fingerprint density at radius 1 is 1.17 bits per heavy atom. The summed E-state index contributed by atoms with van der Waals surface area (Å²) in [7, 11) is 3.17. The lowest BCUT2D eigenvalue weighted by Gasteiger charge is -2.07. The third-order valence-electron chi connectivity index (χ3n) is 3.00. The van der Waals surface area contributed by atoms with E-state index in [1.165, 1.54) is 11.8 Å². The summed E-state index contributed by atoms with van der Waals surface area (Å²) in [5, 5.41) is 15.6. The molecule has 0 amide bonds. The summed E-state index contributed by atoms with van der Waals surface area (Å²) < 4.78 is 16.1. The number of thioether (sulfide) groups is 1. The zero-order chi connectivity index (χ0) is 16.2. The zero-order valence-electron chi connectivity index (χ0n) is 12.9. The van der Waals surface area contributed by atoms with Crippen molar-refractivity contribution in [2.45, 2.75) is 17.8 Å². The van der Waals surface area contributed by atoms with Gasteiger partial charge in [-0.3, -0.25) is 5.10 Å². The van der Waals surface area contributed by atoms with Gasteiger partial charge in [0.15, 0.2) is 11.5 Å². The maximum atomic E-state index is 5.67. The topological polar surface area (TPSA) is 99.0 Å². The molecule has 0 radical (unpaired) electrons. The number of hydrogen-bond acceptors (Lipinski definition) is 8. The van der Waals surface area contributed by atoms with Gasteiger partial charge >= 0.3 is 0 Å². The molecule has 0 aliphatic rings. The van der Waals surface area contributed by atoms with E-state index < -0.39 is 0 Å². The third-order valence-corrected chi connectivity index (χ3v) is 3.83. The van der Waals surface area contributed by atoms with Crippen molar-refractivity contribution >= 4 is 11.8 Å². The molecular weight excluding hydrogens is 318 g/mol. The number of aromatic amines is 1. The number of ether oxygens (including phenoxy) is 2. The van der Waals surface area contributed by atoms with Crippen LogP contribution in [0.3, 0.4) is 0 Å². The number of methoxy groups -OCH3 is 2. The van der Waals surface area contributed by atoms with E-state index in [1.807, 2.05) is 13.0 Å². The van der Waals surface area contributed by atoms with Crippen molar-refractivity contribution in [1.29, 1.82) is 0 Å². The molecule has 120 valence electrons. The van der Waals surface area contributed by atoms with Crippen molar-refractivity contribution in [3.8, 4) is 23.0 Å². The number of aryl methyl sites for hydroxylation is 1. The molecule has 3 rings (SSSR count). The SMILES string of the molecule is COc1ccc(-c2nnc(CSc3n[nH]c(C)n3)o2)cc1OC. The normalized spacial score (nSPS) is 10.7. The van der Waals surface area contributed by atoms with Crippen molar-refractivity contribution in [1.82, 2.24) is 25.4 Å². The van der Waals surface area contributed by atoms with Crippen LogP contribution in [-0.4, -0.2) is 39.6 Å². The van der Waals surface area contributed by atoms with Gasteiger partial charge in [-0.2, -0.15) is 0 Å². The number of rotatable bonds is 6. The van der Waals surface area contributed by atoms with E-state index in [0.717, 1.165) is 11.4 Å². The Morgan fingerprint density at radius 3 is 2.70 bits per heavy atom. The predicted molar refractivity (Wildman–Crippen MR) is 83.5 cm³/mol. The second-order valence-electron chi connectivity index (χ2n) is 4.56. The first-order valence-corrected chi connectivity index (χ1v) is 7.74. The molecule has 1 N–H and O–H groups in total. The summed E-state index contributed by atoms with van der Waals surface area (Å²) in [6, 6.07) is 5.43. The van der Waals surface area contributed by atoms with Crippen molar-refractivity contribution in [2.75, 3.05) is 14.2 Å². The van der Waals surface area contributed by atoms with Gasteiger partial charge in [-0.05, 0) is 25.1 Å². The molecule has 0 bridgehead atoms. The van der Waals surface area contributed by atoms with Crippen LogP contribution < -0.4 is 9.47 Å².